The Labute approximate surface area is 102 Å². The molecule has 1 rings (SSSR count). The number of benzene rings is 1. The maximum Gasteiger partial charge on any atom is 0.340 e. The summed E-state index contributed by atoms with van der Waals surface area (Å²) in [5.74, 6) is -0.893. The Morgan fingerprint density at radius 3 is 2.18 bits per heavy atom. The van der Waals surface area contributed by atoms with Gasteiger partial charge in [-0.1, -0.05) is 39.0 Å². The predicted molar refractivity (Wildman–Crippen MR) is 64.5 cm³/mol. The second-order valence-electron chi connectivity index (χ2n) is 2.79. The van der Waals surface area contributed by atoms with E-state index in [-0.39, 0.29) is 13.2 Å². The highest BCUT2D eigenvalue weighted by molar-refractivity contribution is 5.89. The van der Waals surface area contributed by atoms with Crippen LogP contribution in [0.25, 0.3) is 0 Å². The second kappa shape index (κ2) is 9.39. The van der Waals surface area contributed by atoms with E-state index in [1.807, 2.05) is 13.8 Å². The number of rotatable bonds is 4. The molecule has 0 spiro atoms. The molecule has 0 aliphatic rings. The molecule has 0 unspecified atom stereocenters. The maximum atomic E-state index is 11.3. The van der Waals surface area contributed by atoms with E-state index >= 15 is 0 Å². The highest BCUT2D eigenvalue weighted by atomic mass is 16.7. The minimum Gasteiger partial charge on any atom is -0.428 e. The lowest BCUT2D eigenvalue weighted by atomic mass is 10.2. The molecule has 0 aliphatic heterocycles. The van der Waals surface area contributed by atoms with Gasteiger partial charge in [-0.25, -0.2) is 4.79 Å². The van der Waals surface area contributed by atoms with E-state index in [0.29, 0.717) is 5.56 Å². The van der Waals surface area contributed by atoms with E-state index in [1.54, 1.807) is 37.3 Å². The lowest BCUT2D eigenvalue weighted by molar-refractivity contribution is -0.151. The molecule has 0 radical (unpaired) electrons. The van der Waals surface area contributed by atoms with Crippen LogP contribution in [0.1, 0.15) is 37.6 Å². The minimum absolute atomic E-state index is 0.267. The topological polar surface area (TPSA) is 52.6 Å². The van der Waals surface area contributed by atoms with Gasteiger partial charge in [0, 0.05) is 6.42 Å². The Bertz CT molecular complexity index is 333. The molecular formula is C13H18O4. The summed E-state index contributed by atoms with van der Waals surface area (Å²) in [5, 5.41) is 0. The van der Waals surface area contributed by atoms with Crippen molar-refractivity contribution in [3.8, 4) is 0 Å². The third-order valence-corrected chi connectivity index (χ3v) is 1.71. The fourth-order valence-electron chi connectivity index (χ4n) is 0.908. The van der Waals surface area contributed by atoms with Crippen LogP contribution in [0.4, 0.5) is 0 Å². The van der Waals surface area contributed by atoms with Gasteiger partial charge in [0.2, 0.25) is 6.79 Å². The minimum atomic E-state index is -0.500. The summed E-state index contributed by atoms with van der Waals surface area (Å²) in [7, 11) is 0. The highest BCUT2D eigenvalue weighted by Gasteiger charge is 2.06. The first-order chi connectivity index (χ1) is 8.24. The van der Waals surface area contributed by atoms with E-state index in [9.17, 15) is 9.59 Å². The molecule has 0 N–H and O–H groups in total. The van der Waals surface area contributed by atoms with E-state index in [4.69, 9.17) is 4.74 Å². The van der Waals surface area contributed by atoms with Crippen molar-refractivity contribution >= 4 is 11.9 Å². The fourth-order valence-corrected chi connectivity index (χ4v) is 0.908. The van der Waals surface area contributed by atoms with Crippen molar-refractivity contribution < 1.29 is 19.1 Å². The standard InChI is InChI=1S/C11H12O4.C2H6/c1-2-10(12)14-8-15-11(13)9-6-4-3-5-7-9;1-2/h3-7H,2,8H2,1H3;1-2H3. The molecule has 0 bridgehead atoms. The first kappa shape index (κ1) is 15.2. The number of ether oxygens (including phenoxy) is 2. The molecule has 1 aromatic rings. The van der Waals surface area contributed by atoms with Gasteiger partial charge in [0.25, 0.3) is 0 Å². The van der Waals surface area contributed by atoms with Gasteiger partial charge < -0.3 is 9.47 Å². The van der Waals surface area contributed by atoms with Crippen molar-refractivity contribution in [2.45, 2.75) is 27.2 Å². The van der Waals surface area contributed by atoms with Crippen LogP contribution in [0, 0.1) is 0 Å². The molecular weight excluding hydrogens is 220 g/mol. The SMILES string of the molecule is CC.CCC(=O)OCOC(=O)c1ccccc1. The lowest BCUT2D eigenvalue weighted by Crippen LogP contribution is -2.12. The molecule has 17 heavy (non-hydrogen) atoms. The number of hydrogen-bond acceptors (Lipinski definition) is 4. The van der Waals surface area contributed by atoms with Gasteiger partial charge in [0.05, 0.1) is 5.56 Å². The van der Waals surface area contributed by atoms with Gasteiger partial charge in [-0.15, -0.1) is 0 Å². The average Bonchev–Trinajstić information content (AvgIpc) is 2.41. The Morgan fingerprint density at radius 2 is 1.65 bits per heavy atom. The third kappa shape index (κ3) is 6.35. The normalized spacial score (nSPS) is 8.65. The van der Waals surface area contributed by atoms with Crippen LogP contribution < -0.4 is 0 Å². The quantitative estimate of drug-likeness (QED) is 0.598. The lowest BCUT2D eigenvalue weighted by Gasteiger charge is -2.04. The van der Waals surface area contributed by atoms with Crippen LogP contribution in [0.3, 0.4) is 0 Å². The zero-order valence-electron chi connectivity index (χ0n) is 10.4. The molecule has 94 valence electrons. The Hall–Kier alpha value is -1.84. The van der Waals surface area contributed by atoms with Crippen LogP contribution in [0.2, 0.25) is 0 Å². The Morgan fingerprint density at radius 1 is 1.06 bits per heavy atom. The molecule has 0 fully saturated rings. The van der Waals surface area contributed by atoms with Crippen LogP contribution in [0.15, 0.2) is 30.3 Å². The summed E-state index contributed by atoms with van der Waals surface area (Å²) in [6, 6.07) is 8.52. The number of carbonyl (C=O) groups is 2. The Balaban J connectivity index is 0.00000121. The third-order valence-electron chi connectivity index (χ3n) is 1.71. The molecule has 0 saturated carbocycles. The second-order valence-corrected chi connectivity index (χ2v) is 2.79. The summed E-state index contributed by atoms with van der Waals surface area (Å²) < 4.78 is 9.32. The summed E-state index contributed by atoms with van der Waals surface area (Å²) in [4.78, 5) is 22.0. The molecule has 1 aromatic carbocycles. The maximum absolute atomic E-state index is 11.3. The molecule has 4 heteroatoms. The highest BCUT2D eigenvalue weighted by Crippen LogP contribution is 2.00. The van der Waals surface area contributed by atoms with Crippen molar-refractivity contribution in [3.63, 3.8) is 0 Å². The molecule has 0 atom stereocenters. The zero-order chi connectivity index (χ0) is 13.1. The Kier molecular flexibility index (Phi) is 8.37. The predicted octanol–water partition coefficient (Wildman–Crippen LogP) is 2.78. The molecule has 0 aliphatic carbocycles. The van der Waals surface area contributed by atoms with Crippen LogP contribution in [-0.4, -0.2) is 18.7 Å². The molecule has 4 nitrogen and oxygen atoms in total. The first-order valence-corrected chi connectivity index (χ1v) is 5.62. The van der Waals surface area contributed by atoms with Crippen molar-refractivity contribution in [1.82, 2.24) is 0 Å². The zero-order valence-corrected chi connectivity index (χ0v) is 10.4. The summed E-state index contributed by atoms with van der Waals surface area (Å²) in [6.07, 6.45) is 0.267. The monoisotopic (exact) mass is 238 g/mol. The molecule has 0 amide bonds. The van der Waals surface area contributed by atoms with Crippen LogP contribution in [-0.2, 0) is 14.3 Å². The van der Waals surface area contributed by atoms with Crippen molar-refractivity contribution in [2.75, 3.05) is 6.79 Å². The van der Waals surface area contributed by atoms with E-state index in [1.165, 1.54) is 0 Å². The largest absolute Gasteiger partial charge is 0.428 e. The van der Waals surface area contributed by atoms with Crippen molar-refractivity contribution in [2.24, 2.45) is 0 Å². The van der Waals surface area contributed by atoms with Crippen molar-refractivity contribution in [1.29, 1.82) is 0 Å². The fraction of sp³-hybridized carbons (Fsp3) is 0.385. The number of carbonyl (C=O) groups excluding carboxylic acids is 2. The van der Waals surface area contributed by atoms with E-state index < -0.39 is 11.9 Å². The van der Waals surface area contributed by atoms with Gasteiger partial charge in [0.15, 0.2) is 0 Å². The number of esters is 2. The van der Waals surface area contributed by atoms with E-state index in [0.717, 1.165) is 0 Å². The molecule has 0 aromatic heterocycles. The van der Waals surface area contributed by atoms with Crippen LogP contribution in [0.5, 0.6) is 0 Å². The van der Waals surface area contributed by atoms with Crippen molar-refractivity contribution in [3.05, 3.63) is 35.9 Å². The van der Waals surface area contributed by atoms with Crippen LogP contribution >= 0.6 is 0 Å². The average molecular weight is 238 g/mol. The van der Waals surface area contributed by atoms with Gasteiger partial charge in [-0.2, -0.15) is 0 Å². The summed E-state index contributed by atoms with van der Waals surface area (Å²) in [6.45, 7) is 5.34. The van der Waals surface area contributed by atoms with Gasteiger partial charge in [-0.3, -0.25) is 4.79 Å². The van der Waals surface area contributed by atoms with Gasteiger partial charge in [-0.05, 0) is 12.1 Å². The first-order valence-electron chi connectivity index (χ1n) is 5.62. The van der Waals surface area contributed by atoms with E-state index in [2.05, 4.69) is 4.74 Å². The van der Waals surface area contributed by atoms with Gasteiger partial charge in [0.1, 0.15) is 0 Å². The van der Waals surface area contributed by atoms with Gasteiger partial charge >= 0.3 is 11.9 Å². The smallest absolute Gasteiger partial charge is 0.340 e. The summed E-state index contributed by atoms with van der Waals surface area (Å²) in [5.41, 5.74) is 0.435. The summed E-state index contributed by atoms with van der Waals surface area (Å²) >= 11 is 0. The molecule has 0 saturated heterocycles. The molecule has 0 heterocycles. The number of hydrogen-bond donors (Lipinski definition) is 0.